The molecular weight excluding hydrogens is 316 g/mol. The fourth-order valence-corrected chi connectivity index (χ4v) is 2.60. The summed E-state index contributed by atoms with van der Waals surface area (Å²) in [5.74, 6) is -0.182. The number of nitrogens with one attached hydrogen (secondary N) is 2. The van der Waals surface area contributed by atoms with Gasteiger partial charge in [-0.25, -0.2) is 9.97 Å². The van der Waals surface area contributed by atoms with Gasteiger partial charge < -0.3 is 15.4 Å². The molecule has 2 heterocycles. The van der Waals surface area contributed by atoms with Gasteiger partial charge in [-0.2, -0.15) is 0 Å². The van der Waals surface area contributed by atoms with E-state index in [2.05, 4.69) is 20.3 Å². The largest absolute Gasteiger partial charge is 0.386 e. The number of rotatable bonds is 4. The van der Waals surface area contributed by atoms with Gasteiger partial charge in [0.1, 0.15) is 5.52 Å². The Labute approximate surface area is 146 Å². The molecule has 6 heteroatoms. The maximum atomic E-state index is 12.3. The summed E-state index contributed by atoms with van der Waals surface area (Å²) in [6.07, 6.45) is 3.28. The minimum Gasteiger partial charge on any atom is -0.386 e. The second kappa shape index (κ2) is 6.29. The van der Waals surface area contributed by atoms with Crippen LogP contribution in [0.5, 0.6) is 0 Å². The highest BCUT2D eigenvalue weighted by Gasteiger charge is 2.18. The summed E-state index contributed by atoms with van der Waals surface area (Å²) in [6, 6.07) is 7.57. The molecule has 0 unspecified atom stereocenters. The van der Waals surface area contributed by atoms with Crippen LogP contribution in [0.15, 0.2) is 36.7 Å². The van der Waals surface area contributed by atoms with Gasteiger partial charge in [0.25, 0.3) is 5.91 Å². The van der Waals surface area contributed by atoms with Gasteiger partial charge in [0.2, 0.25) is 0 Å². The molecule has 0 aliphatic rings. The summed E-state index contributed by atoms with van der Waals surface area (Å²) in [7, 11) is 0. The van der Waals surface area contributed by atoms with E-state index in [1.165, 1.54) is 0 Å². The number of aromatic amines is 1. The van der Waals surface area contributed by atoms with Gasteiger partial charge in [0, 0.05) is 17.8 Å². The molecule has 0 atom stereocenters. The zero-order valence-electron chi connectivity index (χ0n) is 14.8. The van der Waals surface area contributed by atoms with E-state index in [4.69, 9.17) is 0 Å². The van der Waals surface area contributed by atoms with Crippen molar-refractivity contribution in [2.24, 2.45) is 0 Å². The topological polar surface area (TPSA) is 90.9 Å². The molecular formula is C19H22N4O2. The number of hydrogen-bond acceptors (Lipinski definition) is 4. The predicted molar refractivity (Wildman–Crippen MR) is 97.2 cm³/mol. The second-order valence-electron chi connectivity index (χ2n) is 6.92. The van der Waals surface area contributed by atoms with E-state index in [9.17, 15) is 9.90 Å². The van der Waals surface area contributed by atoms with Crippen molar-refractivity contribution >= 4 is 17.1 Å². The highest BCUT2D eigenvalue weighted by molar-refractivity contribution is 6.04. The van der Waals surface area contributed by atoms with Crippen molar-refractivity contribution in [3.8, 4) is 11.3 Å². The first kappa shape index (κ1) is 17.1. The molecule has 0 bridgehead atoms. The molecule has 0 aliphatic heterocycles. The lowest BCUT2D eigenvalue weighted by atomic mass is 9.96. The number of nitrogens with zero attached hydrogens (tertiary/aromatic N) is 2. The highest BCUT2D eigenvalue weighted by Crippen LogP contribution is 2.26. The lowest BCUT2D eigenvalue weighted by Crippen LogP contribution is -2.29. The van der Waals surface area contributed by atoms with Gasteiger partial charge in [0.15, 0.2) is 5.65 Å². The third kappa shape index (κ3) is 3.53. The van der Waals surface area contributed by atoms with Crippen LogP contribution in [-0.4, -0.2) is 32.0 Å². The summed E-state index contributed by atoms with van der Waals surface area (Å²) in [4.78, 5) is 24.3. The summed E-state index contributed by atoms with van der Waals surface area (Å²) in [5.41, 5.74) is 2.91. The van der Waals surface area contributed by atoms with Crippen LogP contribution >= 0.6 is 0 Å². The van der Waals surface area contributed by atoms with Gasteiger partial charge in [-0.05, 0) is 39.3 Å². The molecule has 3 N–H and O–H groups in total. The summed E-state index contributed by atoms with van der Waals surface area (Å²) in [5, 5.41) is 13.1. The smallest absolute Gasteiger partial charge is 0.255 e. The fourth-order valence-electron chi connectivity index (χ4n) is 2.60. The molecule has 0 spiro atoms. The van der Waals surface area contributed by atoms with Crippen LogP contribution in [0.1, 0.15) is 43.6 Å². The van der Waals surface area contributed by atoms with Gasteiger partial charge >= 0.3 is 0 Å². The molecule has 3 aromatic rings. The highest BCUT2D eigenvalue weighted by atomic mass is 16.3. The molecule has 0 saturated carbocycles. The number of carbonyl (C=O) groups excluding carboxylic acids is 1. The molecule has 1 aromatic carbocycles. The third-order valence-corrected chi connectivity index (χ3v) is 3.91. The van der Waals surface area contributed by atoms with E-state index < -0.39 is 5.60 Å². The normalized spacial score (nSPS) is 11.9. The van der Waals surface area contributed by atoms with Crippen LogP contribution in [-0.2, 0) is 5.60 Å². The Kier molecular flexibility index (Phi) is 4.30. The van der Waals surface area contributed by atoms with Crippen LogP contribution < -0.4 is 5.32 Å². The number of benzene rings is 1. The van der Waals surface area contributed by atoms with Crippen molar-refractivity contribution in [2.75, 3.05) is 0 Å². The van der Waals surface area contributed by atoms with Crippen molar-refractivity contribution in [1.29, 1.82) is 0 Å². The zero-order chi connectivity index (χ0) is 18.2. The number of amides is 1. The Balaban J connectivity index is 2.05. The first-order valence-electron chi connectivity index (χ1n) is 8.24. The third-order valence-electron chi connectivity index (χ3n) is 3.91. The van der Waals surface area contributed by atoms with Crippen LogP contribution in [0.2, 0.25) is 0 Å². The molecule has 25 heavy (non-hydrogen) atoms. The summed E-state index contributed by atoms with van der Waals surface area (Å²) in [6.45, 7) is 7.29. The Hall–Kier alpha value is -2.73. The first-order chi connectivity index (χ1) is 11.8. The number of hydrogen-bond donors (Lipinski definition) is 3. The maximum Gasteiger partial charge on any atom is 0.255 e. The fraction of sp³-hybridized carbons (Fsp3) is 0.316. The zero-order valence-corrected chi connectivity index (χ0v) is 14.8. The van der Waals surface area contributed by atoms with Gasteiger partial charge in [-0.3, -0.25) is 4.79 Å². The van der Waals surface area contributed by atoms with E-state index in [-0.39, 0.29) is 11.9 Å². The number of aromatic nitrogens is 3. The molecule has 0 aliphatic carbocycles. The number of H-pyrrole nitrogens is 1. The Morgan fingerprint density at radius 2 is 2.08 bits per heavy atom. The van der Waals surface area contributed by atoms with Gasteiger partial charge in [-0.1, -0.05) is 18.2 Å². The molecule has 1 amide bonds. The molecule has 2 aromatic heterocycles. The standard InChI is InChI=1S/C19H22N4O2/c1-11(2)22-18(24)14-9-20-17-16(14)23-15(10-21-17)12-6-5-7-13(8-12)19(3,4)25/h5-11,25H,1-4H3,(H,20,21)(H,22,24). The average molecular weight is 338 g/mol. The number of carbonyl (C=O) groups is 1. The van der Waals surface area contributed by atoms with Gasteiger partial charge in [-0.15, -0.1) is 0 Å². The van der Waals surface area contributed by atoms with E-state index >= 15 is 0 Å². The second-order valence-corrected chi connectivity index (χ2v) is 6.92. The Bertz CT molecular complexity index is 923. The van der Waals surface area contributed by atoms with Crippen LogP contribution in [0.3, 0.4) is 0 Å². The molecule has 0 radical (unpaired) electrons. The molecule has 130 valence electrons. The van der Waals surface area contributed by atoms with E-state index in [0.29, 0.717) is 22.4 Å². The maximum absolute atomic E-state index is 12.3. The Morgan fingerprint density at radius 1 is 1.32 bits per heavy atom. The van der Waals surface area contributed by atoms with Crippen LogP contribution in [0.4, 0.5) is 0 Å². The van der Waals surface area contributed by atoms with Crippen molar-refractivity contribution in [3.05, 3.63) is 47.8 Å². The lowest BCUT2D eigenvalue weighted by molar-refractivity contribution is 0.0786. The Morgan fingerprint density at radius 3 is 2.76 bits per heavy atom. The quantitative estimate of drug-likeness (QED) is 0.682. The predicted octanol–water partition coefficient (Wildman–Crippen LogP) is 2.99. The summed E-state index contributed by atoms with van der Waals surface area (Å²) >= 11 is 0. The monoisotopic (exact) mass is 338 g/mol. The van der Waals surface area contributed by atoms with Gasteiger partial charge in [0.05, 0.1) is 23.1 Å². The minimum atomic E-state index is -0.941. The lowest BCUT2D eigenvalue weighted by Gasteiger charge is -2.18. The van der Waals surface area contributed by atoms with Crippen LogP contribution in [0.25, 0.3) is 22.4 Å². The summed E-state index contributed by atoms with van der Waals surface area (Å²) < 4.78 is 0. The van der Waals surface area contributed by atoms with E-state index in [1.807, 2.05) is 38.1 Å². The molecule has 6 nitrogen and oxygen atoms in total. The van der Waals surface area contributed by atoms with Crippen molar-refractivity contribution in [3.63, 3.8) is 0 Å². The van der Waals surface area contributed by atoms with E-state index in [1.54, 1.807) is 26.2 Å². The van der Waals surface area contributed by atoms with Crippen LogP contribution in [0, 0.1) is 0 Å². The van der Waals surface area contributed by atoms with Crippen molar-refractivity contribution in [1.82, 2.24) is 20.3 Å². The van der Waals surface area contributed by atoms with Crippen molar-refractivity contribution in [2.45, 2.75) is 39.3 Å². The first-order valence-corrected chi connectivity index (χ1v) is 8.24. The molecule has 0 fully saturated rings. The van der Waals surface area contributed by atoms with E-state index in [0.717, 1.165) is 11.1 Å². The molecule has 0 saturated heterocycles. The van der Waals surface area contributed by atoms with Crippen molar-refractivity contribution < 1.29 is 9.90 Å². The SMILES string of the molecule is CC(C)NC(=O)c1c[nH]c2ncc(-c3cccc(C(C)(C)O)c3)nc12. The molecule has 3 rings (SSSR count). The average Bonchev–Trinajstić information content (AvgIpc) is 2.96. The number of fused-ring (bicyclic) bond motifs is 1. The minimum absolute atomic E-state index is 0.0389. The number of aliphatic hydroxyl groups is 1.